The maximum absolute atomic E-state index is 12.5. The Morgan fingerprint density at radius 2 is 2.00 bits per heavy atom. The number of aromatic nitrogens is 2. The number of fused-ring (bicyclic) bond motifs is 1. The minimum atomic E-state index is -3.72. The van der Waals surface area contributed by atoms with Crippen LogP contribution in [0.25, 0.3) is 10.9 Å². The number of H-pyrrole nitrogens is 2. The van der Waals surface area contributed by atoms with Crippen molar-refractivity contribution in [2.24, 2.45) is 0 Å². The molecule has 4 N–H and O–H groups in total. The van der Waals surface area contributed by atoms with Gasteiger partial charge in [0.15, 0.2) is 0 Å². The number of hydrogen-bond donors (Lipinski definition) is 4. The summed E-state index contributed by atoms with van der Waals surface area (Å²) in [5.74, 6) is 0. The Balaban J connectivity index is 1.95. The number of aromatic amines is 2. The topological polar surface area (TPSA) is 124 Å². The van der Waals surface area contributed by atoms with Crippen LogP contribution in [0.2, 0.25) is 0 Å². The van der Waals surface area contributed by atoms with E-state index in [-0.39, 0.29) is 22.4 Å². The molecule has 0 saturated carbocycles. The van der Waals surface area contributed by atoms with Gasteiger partial charge in [0.2, 0.25) is 10.0 Å². The Kier molecular flexibility index (Phi) is 4.09. The average Bonchev–Trinajstić information content (AvgIpc) is 2.46. The number of nitrogens with one attached hydrogen (secondary N) is 4. The summed E-state index contributed by atoms with van der Waals surface area (Å²) in [4.78, 5) is 27.6. The fraction of sp³-hybridized carbons (Fsp3) is 0.429. The molecule has 2 aromatic rings. The molecule has 8 nitrogen and oxygen atoms in total. The summed E-state index contributed by atoms with van der Waals surface area (Å²) >= 11 is 0. The maximum atomic E-state index is 12.5. The third-order valence-electron chi connectivity index (χ3n) is 3.97. The van der Waals surface area contributed by atoms with Crippen LogP contribution in [0.15, 0.2) is 32.7 Å². The van der Waals surface area contributed by atoms with Gasteiger partial charge in [-0.3, -0.25) is 9.78 Å². The summed E-state index contributed by atoms with van der Waals surface area (Å²) in [6, 6.07) is 4.19. The van der Waals surface area contributed by atoms with E-state index in [0.717, 1.165) is 6.54 Å². The molecule has 0 bridgehead atoms. The lowest BCUT2D eigenvalue weighted by Gasteiger charge is -2.28. The molecular formula is C14H18N4O4S. The average molecular weight is 338 g/mol. The van der Waals surface area contributed by atoms with E-state index in [4.69, 9.17) is 0 Å². The highest BCUT2D eigenvalue weighted by molar-refractivity contribution is 7.89. The number of benzene rings is 1. The van der Waals surface area contributed by atoms with Gasteiger partial charge in [-0.2, -0.15) is 0 Å². The van der Waals surface area contributed by atoms with Crippen molar-refractivity contribution in [2.75, 3.05) is 6.54 Å². The zero-order valence-electron chi connectivity index (χ0n) is 12.5. The molecule has 124 valence electrons. The molecular weight excluding hydrogens is 320 g/mol. The monoisotopic (exact) mass is 338 g/mol. The Bertz CT molecular complexity index is 947. The summed E-state index contributed by atoms with van der Waals surface area (Å²) in [6.07, 6.45) is 1.42. The molecule has 2 heterocycles. The van der Waals surface area contributed by atoms with Crippen molar-refractivity contribution >= 4 is 20.9 Å². The summed E-state index contributed by atoms with van der Waals surface area (Å²) < 4.78 is 27.7. The molecule has 1 aliphatic heterocycles. The van der Waals surface area contributed by atoms with Crippen molar-refractivity contribution in [1.29, 1.82) is 0 Å². The molecule has 0 radical (unpaired) electrons. The number of sulfonamides is 1. The van der Waals surface area contributed by atoms with Crippen LogP contribution < -0.4 is 21.3 Å². The lowest BCUT2D eigenvalue weighted by Crippen LogP contribution is -2.46. The predicted octanol–water partition coefficient (Wildman–Crippen LogP) is -0.365. The van der Waals surface area contributed by atoms with Crippen molar-refractivity contribution in [2.45, 2.75) is 36.7 Å². The molecule has 1 aromatic carbocycles. The van der Waals surface area contributed by atoms with E-state index in [0.29, 0.717) is 18.4 Å². The second kappa shape index (κ2) is 5.91. The highest BCUT2D eigenvalue weighted by Crippen LogP contribution is 2.17. The van der Waals surface area contributed by atoms with Gasteiger partial charge in [0.25, 0.3) is 5.56 Å². The lowest BCUT2D eigenvalue weighted by atomic mass is 10.0. The normalized spacial score (nSPS) is 22.3. The van der Waals surface area contributed by atoms with Crippen molar-refractivity contribution in [1.82, 2.24) is 20.0 Å². The summed E-state index contributed by atoms with van der Waals surface area (Å²) in [5, 5.41) is 3.39. The van der Waals surface area contributed by atoms with Crippen LogP contribution in [0, 0.1) is 0 Å². The molecule has 2 atom stereocenters. The summed E-state index contributed by atoms with van der Waals surface area (Å²) in [5.41, 5.74) is -0.940. The van der Waals surface area contributed by atoms with Gasteiger partial charge in [0.1, 0.15) is 0 Å². The Morgan fingerprint density at radius 3 is 2.74 bits per heavy atom. The van der Waals surface area contributed by atoms with Crippen molar-refractivity contribution in [3.8, 4) is 0 Å². The minimum Gasteiger partial charge on any atom is -0.314 e. The molecule has 9 heteroatoms. The van der Waals surface area contributed by atoms with Crippen LogP contribution >= 0.6 is 0 Å². The first-order valence-electron chi connectivity index (χ1n) is 7.37. The van der Waals surface area contributed by atoms with Crippen LogP contribution in [-0.4, -0.2) is 37.0 Å². The number of rotatable bonds is 3. The number of piperidine rings is 1. The highest BCUT2D eigenvalue weighted by Gasteiger charge is 2.24. The smallest absolute Gasteiger partial charge is 0.314 e. The van der Waals surface area contributed by atoms with Gasteiger partial charge in [-0.05, 0) is 44.5 Å². The van der Waals surface area contributed by atoms with Crippen LogP contribution in [0.3, 0.4) is 0 Å². The molecule has 2 unspecified atom stereocenters. The van der Waals surface area contributed by atoms with E-state index in [2.05, 4.69) is 20.0 Å². The Morgan fingerprint density at radius 1 is 1.22 bits per heavy atom. The van der Waals surface area contributed by atoms with Gasteiger partial charge >= 0.3 is 5.69 Å². The van der Waals surface area contributed by atoms with Crippen molar-refractivity contribution in [3.05, 3.63) is 39.0 Å². The Labute approximate surface area is 132 Å². The first kappa shape index (κ1) is 15.9. The fourth-order valence-corrected chi connectivity index (χ4v) is 4.15. The van der Waals surface area contributed by atoms with Gasteiger partial charge in [-0.25, -0.2) is 17.9 Å². The van der Waals surface area contributed by atoms with E-state index >= 15 is 0 Å². The van der Waals surface area contributed by atoms with Crippen molar-refractivity contribution < 1.29 is 8.42 Å². The molecule has 0 aliphatic carbocycles. The lowest BCUT2D eigenvalue weighted by molar-refractivity contribution is 0.361. The quantitative estimate of drug-likeness (QED) is 0.608. The van der Waals surface area contributed by atoms with Crippen molar-refractivity contribution in [3.63, 3.8) is 0 Å². The SMILES string of the molecule is CC1CC(NS(=O)(=O)c2ccc3[nH]c(=O)[nH]c(=O)c3c2)CCN1. The van der Waals surface area contributed by atoms with Gasteiger partial charge in [-0.15, -0.1) is 0 Å². The zero-order chi connectivity index (χ0) is 16.6. The molecule has 1 aliphatic rings. The van der Waals surface area contributed by atoms with E-state index in [1.54, 1.807) is 0 Å². The predicted molar refractivity (Wildman–Crippen MR) is 86.0 cm³/mol. The zero-order valence-corrected chi connectivity index (χ0v) is 13.4. The highest BCUT2D eigenvalue weighted by atomic mass is 32.2. The molecule has 1 saturated heterocycles. The molecule has 1 aromatic heterocycles. The van der Waals surface area contributed by atoms with Crippen LogP contribution in [0.5, 0.6) is 0 Å². The van der Waals surface area contributed by atoms with E-state index < -0.39 is 21.3 Å². The van der Waals surface area contributed by atoms with E-state index in [1.165, 1.54) is 18.2 Å². The second-order valence-electron chi connectivity index (χ2n) is 5.81. The summed E-state index contributed by atoms with van der Waals surface area (Å²) in [7, 11) is -3.72. The van der Waals surface area contributed by atoms with Gasteiger partial charge in [0.05, 0.1) is 15.8 Å². The standard InChI is InChI=1S/C14H18N4O4S/c1-8-6-9(4-5-15-8)18-23(21,22)10-2-3-12-11(7-10)13(19)17-14(20)16-12/h2-3,7-9,15,18H,4-6H2,1H3,(H2,16,17,19,20). The fourth-order valence-electron chi connectivity index (χ4n) is 2.84. The van der Waals surface area contributed by atoms with E-state index in [1.807, 2.05) is 6.92 Å². The third kappa shape index (κ3) is 3.36. The van der Waals surface area contributed by atoms with Crippen LogP contribution in [-0.2, 0) is 10.0 Å². The molecule has 23 heavy (non-hydrogen) atoms. The molecule has 0 amide bonds. The first-order chi connectivity index (χ1) is 10.8. The van der Waals surface area contributed by atoms with Crippen LogP contribution in [0.1, 0.15) is 19.8 Å². The second-order valence-corrected chi connectivity index (χ2v) is 7.53. The molecule has 3 rings (SSSR count). The molecule has 0 spiro atoms. The number of hydrogen-bond acceptors (Lipinski definition) is 5. The molecule has 1 fully saturated rings. The summed E-state index contributed by atoms with van der Waals surface area (Å²) in [6.45, 7) is 2.76. The largest absolute Gasteiger partial charge is 0.326 e. The minimum absolute atomic E-state index is 0.00809. The van der Waals surface area contributed by atoms with Gasteiger partial charge in [-0.1, -0.05) is 0 Å². The maximum Gasteiger partial charge on any atom is 0.326 e. The third-order valence-corrected chi connectivity index (χ3v) is 5.48. The van der Waals surface area contributed by atoms with Crippen LogP contribution in [0.4, 0.5) is 0 Å². The first-order valence-corrected chi connectivity index (χ1v) is 8.85. The van der Waals surface area contributed by atoms with Gasteiger partial charge < -0.3 is 10.3 Å². The Hall–Kier alpha value is -1.97. The van der Waals surface area contributed by atoms with E-state index in [9.17, 15) is 18.0 Å². The van der Waals surface area contributed by atoms with Gasteiger partial charge in [0, 0.05) is 12.1 Å².